The van der Waals surface area contributed by atoms with Gasteiger partial charge in [-0.2, -0.15) is 0 Å². The van der Waals surface area contributed by atoms with Crippen molar-refractivity contribution in [3.8, 4) is 0 Å². The van der Waals surface area contributed by atoms with Gasteiger partial charge in [0, 0.05) is 11.3 Å². The fraction of sp³-hybridized carbons (Fsp3) is 0.625. The summed E-state index contributed by atoms with van der Waals surface area (Å²) in [6.45, 7) is 7.57. The number of aliphatic hydroxyl groups is 1. The van der Waals surface area contributed by atoms with Crippen LogP contribution in [0.15, 0.2) is 36.5 Å². The summed E-state index contributed by atoms with van der Waals surface area (Å²) in [5.74, 6) is -1.88. The van der Waals surface area contributed by atoms with Crippen molar-refractivity contribution in [2.75, 3.05) is 0 Å². The lowest BCUT2D eigenvalue weighted by Gasteiger charge is -2.50. The van der Waals surface area contributed by atoms with Crippen LogP contribution in [0.1, 0.15) is 47.0 Å². The smallest absolute Gasteiger partial charge is 0.238 e. The van der Waals surface area contributed by atoms with Crippen LogP contribution in [0.4, 0.5) is 0 Å². The number of Topliss-reactive ketones (excluding diaryl/α,β-unsaturated/α-hetero) is 2. The second kappa shape index (κ2) is 8.39. The number of aliphatic hydroxyl groups excluding tert-OH is 1. The predicted molar refractivity (Wildman–Crippen MR) is 112 cm³/mol. The second-order valence-corrected chi connectivity index (χ2v) is 9.22. The number of hydrogen-bond acceptors (Lipinski definition) is 4. The Morgan fingerprint density at radius 1 is 1.28 bits per heavy atom. The molecule has 5 nitrogen and oxygen atoms in total. The summed E-state index contributed by atoms with van der Waals surface area (Å²) in [5, 5.41) is 12.4. The Morgan fingerprint density at radius 2 is 2.00 bits per heavy atom. The summed E-state index contributed by atoms with van der Waals surface area (Å²) < 4.78 is 0. The van der Waals surface area contributed by atoms with Gasteiger partial charge in [-0.1, -0.05) is 56.7 Å². The van der Waals surface area contributed by atoms with Gasteiger partial charge in [0.1, 0.15) is 6.04 Å². The highest BCUT2D eigenvalue weighted by atomic mass is 16.3. The highest BCUT2D eigenvalue weighted by molar-refractivity contribution is 6.25. The fourth-order valence-corrected chi connectivity index (χ4v) is 5.53. The average molecular weight is 400 g/mol. The maximum atomic E-state index is 13.8. The molecule has 1 saturated heterocycles. The number of hydrogen-bond donors (Lipinski definition) is 2. The summed E-state index contributed by atoms with van der Waals surface area (Å²) in [5.41, 5.74) is -0.830. The first-order chi connectivity index (χ1) is 13.7. The predicted octanol–water partition coefficient (Wildman–Crippen LogP) is 3.00. The van der Waals surface area contributed by atoms with Crippen LogP contribution < -0.4 is 5.32 Å². The van der Waals surface area contributed by atoms with Crippen molar-refractivity contribution in [2.24, 2.45) is 35.0 Å². The van der Waals surface area contributed by atoms with Crippen molar-refractivity contribution >= 4 is 17.5 Å². The topological polar surface area (TPSA) is 83.5 Å². The molecule has 29 heavy (non-hydrogen) atoms. The molecule has 158 valence electrons. The van der Waals surface area contributed by atoms with Gasteiger partial charge in [0.25, 0.3) is 0 Å². The van der Waals surface area contributed by atoms with E-state index in [-0.39, 0.29) is 23.5 Å². The molecule has 1 saturated carbocycles. The van der Waals surface area contributed by atoms with E-state index < -0.39 is 35.2 Å². The van der Waals surface area contributed by atoms with Crippen LogP contribution in [0.2, 0.25) is 0 Å². The van der Waals surface area contributed by atoms with Crippen LogP contribution >= 0.6 is 0 Å². The van der Waals surface area contributed by atoms with Crippen molar-refractivity contribution < 1.29 is 19.5 Å². The molecule has 0 radical (unpaired) electrons. The number of amides is 1. The van der Waals surface area contributed by atoms with E-state index in [1.54, 1.807) is 0 Å². The third-order valence-corrected chi connectivity index (χ3v) is 7.24. The van der Waals surface area contributed by atoms with Crippen LogP contribution in [0.25, 0.3) is 0 Å². The number of nitrogens with one attached hydrogen (secondary N) is 1. The molecule has 1 heterocycles. The molecular formula is C24H33NO4. The second-order valence-electron chi connectivity index (χ2n) is 9.22. The van der Waals surface area contributed by atoms with E-state index >= 15 is 0 Å². The monoisotopic (exact) mass is 399 g/mol. The minimum absolute atomic E-state index is 0.0997. The number of ketones is 2. The van der Waals surface area contributed by atoms with E-state index in [1.165, 1.54) is 6.92 Å². The molecule has 1 aliphatic heterocycles. The lowest BCUT2D eigenvalue weighted by molar-refractivity contribution is -0.147. The molecule has 3 rings (SSSR count). The molecule has 3 aliphatic rings. The van der Waals surface area contributed by atoms with Crippen LogP contribution in [0.3, 0.4) is 0 Å². The largest absolute Gasteiger partial charge is 0.391 e. The van der Waals surface area contributed by atoms with Gasteiger partial charge in [0.2, 0.25) is 5.91 Å². The maximum Gasteiger partial charge on any atom is 0.238 e. The Bertz CT molecular complexity index is 765. The summed E-state index contributed by atoms with van der Waals surface area (Å²) in [7, 11) is 0. The minimum Gasteiger partial charge on any atom is -0.391 e. The van der Waals surface area contributed by atoms with Gasteiger partial charge in [-0.05, 0) is 44.4 Å². The molecule has 8 atom stereocenters. The van der Waals surface area contributed by atoms with Crippen LogP contribution in [-0.2, 0) is 14.4 Å². The number of allylic oxidation sites excluding steroid dienone is 6. The first-order valence-electron chi connectivity index (χ1n) is 10.8. The molecule has 0 aromatic carbocycles. The molecule has 5 heteroatoms. The van der Waals surface area contributed by atoms with Crippen molar-refractivity contribution in [3.05, 3.63) is 36.5 Å². The molecule has 1 amide bonds. The normalized spacial score (nSPS) is 41.0. The van der Waals surface area contributed by atoms with Crippen LogP contribution in [0.5, 0.6) is 0 Å². The molecule has 2 aliphatic carbocycles. The SMILES string of the molecule is C/C=C/C=C/[C@@H]1C=C[C@@H]2C[C@H](C)CC[C@H]2[C@]1(C)C(=O)C1C(=O)N[C@@H](C(C)O)C1=O. The van der Waals surface area contributed by atoms with Gasteiger partial charge in [-0.15, -0.1) is 0 Å². The summed E-state index contributed by atoms with van der Waals surface area (Å²) in [4.78, 5) is 39.3. The zero-order valence-corrected chi connectivity index (χ0v) is 17.8. The van der Waals surface area contributed by atoms with Crippen LogP contribution in [-0.4, -0.2) is 34.7 Å². The average Bonchev–Trinajstić information content (AvgIpc) is 2.97. The van der Waals surface area contributed by atoms with Gasteiger partial charge in [0.15, 0.2) is 17.5 Å². The Labute approximate surface area is 173 Å². The number of carbonyl (C=O) groups excluding carboxylic acids is 3. The first kappa shape index (κ1) is 21.7. The maximum absolute atomic E-state index is 13.8. The van der Waals surface area contributed by atoms with E-state index in [9.17, 15) is 19.5 Å². The highest BCUT2D eigenvalue weighted by Crippen LogP contribution is 2.54. The standard InChI is InChI=1S/C24H33NO4/c1-5-6-7-8-17-11-10-16-13-14(2)9-12-18(16)24(17,4)22(28)19-21(27)20(15(3)26)25-23(19)29/h5-8,10-11,14-20,26H,9,12-13H2,1-4H3,(H,25,29)/b6-5+,8-7+/t14-,15?,16-,17-,18-,19?,20+,24-/m1/s1. The Morgan fingerprint density at radius 3 is 2.62 bits per heavy atom. The highest BCUT2D eigenvalue weighted by Gasteiger charge is 2.58. The Hall–Kier alpha value is -2.01. The van der Waals surface area contributed by atoms with Gasteiger partial charge >= 0.3 is 0 Å². The molecule has 0 aromatic heterocycles. The molecule has 2 unspecified atom stereocenters. The molecule has 0 spiro atoms. The summed E-state index contributed by atoms with van der Waals surface area (Å²) in [6, 6.07) is -1.00. The van der Waals surface area contributed by atoms with E-state index in [2.05, 4.69) is 24.4 Å². The van der Waals surface area contributed by atoms with Gasteiger partial charge in [-0.3, -0.25) is 14.4 Å². The summed E-state index contributed by atoms with van der Waals surface area (Å²) in [6.07, 6.45) is 14.1. The molecular weight excluding hydrogens is 366 g/mol. The van der Waals surface area contributed by atoms with E-state index in [0.717, 1.165) is 19.3 Å². The molecule has 2 fully saturated rings. The molecule has 0 aromatic rings. The number of fused-ring (bicyclic) bond motifs is 1. The third-order valence-electron chi connectivity index (χ3n) is 7.24. The van der Waals surface area contributed by atoms with Gasteiger partial charge in [-0.25, -0.2) is 0 Å². The molecule has 0 bridgehead atoms. The zero-order valence-electron chi connectivity index (χ0n) is 17.8. The van der Waals surface area contributed by atoms with Crippen molar-refractivity contribution in [3.63, 3.8) is 0 Å². The third kappa shape index (κ3) is 3.77. The van der Waals surface area contributed by atoms with Crippen LogP contribution in [0, 0.1) is 35.0 Å². The summed E-state index contributed by atoms with van der Waals surface area (Å²) >= 11 is 0. The zero-order chi connectivity index (χ0) is 21.3. The van der Waals surface area contributed by atoms with Crippen molar-refractivity contribution in [1.82, 2.24) is 5.32 Å². The van der Waals surface area contributed by atoms with E-state index in [1.807, 2.05) is 38.2 Å². The van der Waals surface area contributed by atoms with E-state index in [4.69, 9.17) is 0 Å². The minimum atomic E-state index is -1.33. The van der Waals surface area contributed by atoms with Crippen molar-refractivity contribution in [2.45, 2.75) is 59.1 Å². The first-order valence-corrected chi connectivity index (χ1v) is 10.8. The lowest BCUT2D eigenvalue weighted by atomic mass is 9.52. The fourth-order valence-electron chi connectivity index (χ4n) is 5.53. The number of rotatable bonds is 5. The quantitative estimate of drug-likeness (QED) is 0.423. The Kier molecular flexibility index (Phi) is 6.27. The Balaban J connectivity index is 2.00. The van der Waals surface area contributed by atoms with E-state index in [0.29, 0.717) is 5.92 Å². The van der Waals surface area contributed by atoms with Crippen molar-refractivity contribution in [1.29, 1.82) is 0 Å². The molecule has 2 N–H and O–H groups in total. The number of carbonyl (C=O) groups is 3. The van der Waals surface area contributed by atoms with Gasteiger partial charge < -0.3 is 10.4 Å². The lowest BCUT2D eigenvalue weighted by Crippen LogP contribution is -2.52. The van der Waals surface area contributed by atoms with Gasteiger partial charge in [0.05, 0.1) is 6.10 Å².